The molecule has 0 bridgehead atoms. The van der Waals surface area contributed by atoms with E-state index in [4.69, 9.17) is 4.98 Å². The van der Waals surface area contributed by atoms with Crippen molar-refractivity contribution in [3.63, 3.8) is 0 Å². The third-order valence-corrected chi connectivity index (χ3v) is 8.45. The summed E-state index contributed by atoms with van der Waals surface area (Å²) in [7, 11) is 2.16. The lowest BCUT2D eigenvalue weighted by Gasteiger charge is -2.14. The minimum atomic E-state index is 0.915. The average Bonchev–Trinajstić information content (AvgIpc) is 3.63. The van der Waals surface area contributed by atoms with Crippen molar-refractivity contribution >= 4 is 65.4 Å². The summed E-state index contributed by atoms with van der Waals surface area (Å²) in [4.78, 5) is 5.55. The Bertz CT molecular complexity index is 2350. The van der Waals surface area contributed by atoms with E-state index in [1.54, 1.807) is 0 Å². The molecule has 0 N–H and O–H groups in total. The molecule has 0 saturated carbocycles. The van der Waals surface area contributed by atoms with Crippen molar-refractivity contribution in [2.24, 2.45) is 7.05 Å². The highest BCUT2D eigenvalue weighted by molar-refractivity contribution is 6.15. The molecule has 40 heavy (non-hydrogen) atoms. The van der Waals surface area contributed by atoms with Crippen molar-refractivity contribution in [2.75, 3.05) is 0 Å². The first-order valence-corrected chi connectivity index (χ1v) is 13.6. The standard InChI is InChI=1S/C36H24N4/c1-38-29-17-7-2-16-27(29)28-22-34(39-30-18-8-3-12-23(30)24-13-4-9-19-31(24)39)37-36(35(28)38)40-32-20-10-5-14-25(32)26-15-6-11-21-33(26)40/h2-22H,1H3. The Morgan fingerprint density at radius 1 is 0.425 bits per heavy atom. The quantitative estimate of drug-likeness (QED) is 0.227. The van der Waals surface area contributed by atoms with Crippen LogP contribution in [-0.2, 0) is 7.05 Å². The summed E-state index contributed by atoms with van der Waals surface area (Å²) in [5.74, 6) is 1.85. The number of aromatic nitrogens is 4. The van der Waals surface area contributed by atoms with E-state index in [1.165, 1.54) is 37.8 Å². The molecule has 0 atom stereocenters. The zero-order valence-corrected chi connectivity index (χ0v) is 21.9. The van der Waals surface area contributed by atoms with Gasteiger partial charge in [0.15, 0.2) is 5.82 Å². The Hall–Kier alpha value is -5.35. The lowest BCUT2D eigenvalue weighted by atomic mass is 10.2. The fourth-order valence-electron chi connectivity index (χ4n) is 6.75. The van der Waals surface area contributed by atoms with Gasteiger partial charge >= 0.3 is 0 Å². The molecule has 5 aromatic carbocycles. The molecule has 0 saturated heterocycles. The minimum Gasteiger partial charge on any atom is -0.341 e. The van der Waals surface area contributed by atoms with Crippen LogP contribution in [0.1, 0.15) is 0 Å². The molecular formula is C36H24N4. The Morgan fingerprint density at radius 3 is 1.27 bits per heavy atom. The molecular weight excluding hydrogens is 488 g/mol. The van der Waals surface area contributed by atoms with Gasteiger partial charge in [-0.15, -0.1) is 0 Å². The van der Waals surface area contributed by atoms with Crippen molar-refractivity contribution in [3.8, 4) is 11.6 Å². The van der Waals surface area contributed by atoms with Gasteiger partial charge in [-0.25, -0.2) is 4.98 Å². The number of hydrogen-bond acceptors (Lipinski definition) is 1. The third kappa shape index (κ3) is 2.72. The van der Waals surface area contributed by atoms with E-state index in [0.29, 0.717) is 0 Å². The molecule has 4 heteroatoms. The van der Waals surface area contributed by atoms with Crippen LogP contribution < -0.4 is 0 Å². The highest BCUT2D eigenvalue weighted by Gasteiger charge is 2.22. The lowest BCUT2D eigenvalue weighted by Crippen LogP contribution is -2.06. The monoisotopic (exact) mass is 512 g/mol. The molecule has 0 amide bonds. The Kier molecular flexibility index (Phi) is 4.23. The fourth-order valence-corrected chi connectivity index (χ4v) is 6.75. The second-order valence-corrected chi connectivity index (χ2v) is 10.5. The van der Waals surface area contributed by atoms with Crippen LogP contribution in [-0.4, -0.2) is 18.7 Å². The van der Waals surface area contributed by atoms with Crippen molar-refractivity contribution in [2.45, 2.75) is 0 Å². The highest BCUT2D eigenvalue weighted by Crippen LogP contribution is 2.39. The Balaban J connectivity index is 1.52. The number of fused-ring (bicyclic) bond motifs is 9. The van der Waals surface area contributed by atoms with E-state index in [0.717, 1.165) is 39.2 Å². The predicted molar refractivity (Wildman–Crippen MR) is 167 cm³/mol. The minimum absolute atomic E-state index is 0.915. The average molecular weight is 513 g/mol. The topological polar surface area (TPSA) is 27.7 Å². The van der Waals surface area contributed by atoms with E-state index in [2.05, 4.69) is 148 Å². The van der Waals surface area contributed by atoms with Gasteiger partial charge in [0.1, 0.15) is 5.82 Å². The molecule has 0 unspecified atom stereocenters. The molecule has 0 aliphatic rings. The second kappa shape index (κ2) is 7.84. The molecule has 0 fully saturated rings. The van der Waals surface area contributed by atoms with E-state index >= 15 is 0 Å². The number of pyridine rings is 1. The van der Waals surface area contributed by atoms with Gasteiger partial charge in [0.2, 0.25) is 0 Å². The van der Waals surface area contributed by atoms with Gasteiger partial charge in [0.05, 0.1) is 27.6 Å². The summed E-state index contributed by atoms with van der Waals surface area (Å²) >= 11 is 0. The highest BCUT2D eigenvalue weighted by atomic mass is 15.2. The van der Waals surface area contributed by atoms with Gasteiger partial charge in [-0.05, 0) is 36.4 Å². The number of rotatable bonds is 2. The number of nitrogens with zero attached hydrogens (tertiary/aromatic N) is 4. The summed E-state index contributed by atoms with van der Waals surface area (Å²) in [6, 6.07) is 45.5. The summed E-state index contributed by atoms with van der Waals surface area (Å²) in [5.41, 5.74) is 6.94. The Labute approximate surface area is 229 Å². The van der Waals surface area contributed by atoms with Crippen LogP contribution in [0.25, 0.3) is 77.1 Å². The Morgan fingerprint density at radius 2 is 0.800 bits per heavy atom. The van der Waals surface area contributed by atoms with Gasteiger partial charge in [-0.2, -0.15) is 0 Å². The first-order chi connectivity index (χ1) is 19.8. The largest absolute Gasteiger partial charge is 0.341 e. The molecule has 0 aliphatic carbocycles. The molecule has 0 aliphatic heterocycles. The molecule has 4 nitrogen and oxygen atoms in total. The molecule has 0 spiro atoms. The molecule has 0 radical (unpaired) electrons. The van der Waals surface area contributed by atoms with Crippen molar-refractivity contribution in [3.05, 3.63) is 127 Å². The first-order valence-electron chi connectivity index (χ1n) is 13.6. The van der Waals surface area contributed by atoms with Crippen LogP contribution in [0.2, 0.25) is 0 Å². The van der Waals surface area contributed by atoms with Gasteiger partial charge in [0, 0.05) is 44.9 Å². The maximum atomic E-state index is 5.55. The van der Waals surface area contributed by atoms with E-state index in [1.807, 2.05) is 0 Å². The van der Waals surface area contributed by atoms with Crippen LogP contribution in [0.3, 0.4) is 0 Å². The van der Waals surface area contributed by atoms with Crippen LogP contribution >= 0.6 is 0 Å². The summed E-state index contributed by atoms with van der Waals surface area (Å²) in [6.07, 6.45) is 0. The maximum absolute atomic E-state index is 5.55. The second-order valence-electron chi connectivity index (χ2n) is 10.5. The smallest absolute Gasteiger partial charge is 0.164 e. The van der Waals surface area contributed by atoms with E-state index in [9.17, 15) is 0 Å². The molecule has 4 heterocycles. The number of aryl methyl sites for hydroxylation is 1. The molecule has 188 valence electrons. The molecule has 9 aromatic rings. The SMILES string of the molecule is Cn1c2ccccc2c2cc(-n3c4ccccc4c4ccccc43)nc(-n3c4ccccc4c4ccccc43)c21. The molecule has 9 rings (SSSR count). The number of benzene rings is 5. The van der Waals surface area contributed by atoms with Gasteiger partial charge < -0.3 is 4.57 Å². The molecule has 4 aromatic heterocycles. The first kappa shape index (κ1) is 21.6. The predicted octanol–water partition coefficient (Wildman–Crippen LogP) is 8.92. The van der Waals surface area contributed by atoms with Crippen molar-refractivity contribution in [1.82, 2.24) is 18.7 Å². The van der Waals surface area contributed by atoms with E-state index < -0.39 is 0 Å². The normalized spacial score (nSPS) is 12.1. The third-order valence-electron chi connectivity index (χ3n) is 8.45. The fraction of sp³-hybridized carbons (Fsp3) is 0.0278. The number of hydrogen-bond donors (Lipinski definition) is 0. The summed E-state index contributed by atoms with van der Waals surface area (Å²) < 4.78 is 6.97. The van der Waals surface area contributed by atoms with Crippen LogP contribution in [0.4, 0.5) is 0 Å². The zero-order chi connectivity index (χ0) is 26.4. The maximum Gasteiger partial charge on any atom is 0.164 e. The van der Waals surface area contributed by atoms with Crippen LogP contribution in [0.15, 0.2) is 127 Å². The zero-order valence-electron chi connectivity index (χ0n) is 21.9. The number of para-hydroxylation sites is 5. The van der Waals surface area contributed by atoms with Gasteiger partial charge in [-0.3, -0.25) is 9.13 Å². The summed E-state index contributed by atoms with van der Waals surface area (Å²) in [5, 5.41) is 7.35. The summed E-state index contributed by atoms with van der Waals surface area (Å²) in [6.45, 7) is 0. The van der Waals surface area contributed by atoms with Gasteiger partial charge in [0.25, 0.3) is 0 Å². The van der Waals surface area contributed by atoms with E-state index in [-0.39, 0.29) is 0 Å². The van der Waals surface area contributed by atoms with Crippen molar-refractivity contribution < 1.29 is 0 Å². The van der Waals surface area contributed by atoms with Crippen molar-refractivity contribution in [1.29, 1.82) is 0 Å². The lowest BCUT2D eigenvalue weighted by molar-refractivity contribution is 0.971. The van der Waals surface area contributed by atoms with Crippen LogP contribution in [0, 0.1) is 0 Å². The van der Waals surface area contributed by atoms with Crippen LogP contribution in [0.5, 0.6) is 0 Å². The van der Waals surface area contributed by atoms with Gasteiger partial charge in [-0.1, -0.05) is 91.0 Å².